The van der Waals surface area contributed by atoms with Crippen LogP contribution in [-0.4, -0.2) is 15.8 Å². The third kappa shape index (κ3) is 4.22. The molecular formula is C26H27O6P. The van der Waals surface area contributed by atoms with Crippen molar-refractivity contribution in [2.24, 2.45) is 0 Å². The average Bonchev–Trinajstić information content (AvgIpc) is 3.06. The third-order valence-electron chi connectivity index (χ3n) is 5.99. The predicted molar refractivity (Wildman–Crippen MR) is 125 cm³/mol. The van der Waals surface area contributed by atoms with Crippen molar-refractivity contribution in [2.45, 2.75) is 45.1 Å². The van der Waals surface area contributed by atoms with E-state index in [4.69, 9.17) is 9.26 Å². The molecule has 3 aromatic carbocycles. The minimum atomic E-state index is -4.74. The van der Waals surface area contributed by atoms with Gasteiger partial charge in [-0.05, 0) is 41.2 Å². The Labute approximate surface area is 193 Å². The molecule has 6 nitrogen and oxygen atoms in total. The van der Waals surface area contributed by atoms with Gasteiger partial charge in [0, 0.05) is 16.7 Å². The number of carbonyl (C=O) groups is 1. The first-order valence-electron chi connectivity index (χ1n) is 10.9. The number of fused-ring (bicyclic) bond motifs is 1. The molecular weight excluding hydrogens is 439 g/mol. The van der Waals surface area contributed by atoms with E-state index in [-0.39, 0.29) is 17.6 Å². The van der Waals surface area contributed by atoms with Crippen molar-refractivity contribution >= 4 is 13.8 Å². The average molecular weight is 466 g/mol. The lowest BCUT2D eigenvalue weighted by atomic mass is 9.78. The van der Waals surface area contributed by atoms with Gasteiger partial charge in [-0.3, -0.25) is 9.79 Å². The molecule has 0 spiro atoms. The van der Waals surface area contributed by atoms with Crippen LogP contribution in [0.5, 0.6) is 5.75 Å². The molecule has 0 radical (unpaired) electrons. The highest BCUT2D eigenvalue weighted by Gasteiger charge is 2.48. The van der Waals surface area contributed by atoms with Crippen LogP contribution < -0.4 is 4.52 Å². The maximum atomic E-state index is 13.0. The van der Waals surface area contributed by atoms with Crippen LogP contribution in [0.25, 0.3) is 0 Å². The normalized spacial score (nSPS) is 17.9. The number of carbonyl (C=O) groups excluding carboxylic acids is 1. The van der Waals surface area contributed by atoms with E-state index in [1.54, 1.807) is 18.2 Å². The van der Waals surface area contributed by atoms with Gasteiger partial charge < -0.3 is 9.26 Å². The number of ether oxygens (including phenoxy) is 1. The van der Waals surface area contributed by atoms with Crippen molar-refractivity contribution in [2.75, 3.05) is 0 Å². The van der Waals surface area contributed by atoms with Gasteiger partial charge in [0.2, 0.25) is 0 Å². The first-order valence-corrected chi connectivity index (χ1v) is 12.4. The molecule has 1 aliphatic rings. The summed E-state index contributed by atoms with van der Waals surface area (Å²) in [5.74, 6) is -0.134. The highest BCUT2D eigenvalue weighted by molar-refractivity contribution is 7.46. The molecule has 1 atom stereocenters. The van der Waals surface area contributed by atoms with E-state index >= 15 is 0 Å². The molecule has 0 bridgehead atoms. The van der Waals surface area contributed by atoms with Gasteiger partial charge in [0.1, 0.15) is 5.75 Å². The van der Waals surface area contributed by atoms with E-state index in [0.717, 1.165) is 16.7 Å². The zero-order chi connectivity index (χ0) is 24.0. The molecule has 0 amide bonds. The molecule has 0 saturated heterocycles. The summed E-state index contributed by atoms with van der Waals surface area (Å²) in [6, 6.07) is 20.3. The molecule has 0 fully saturated rings. The highest BCUT2D eigenvalue weighted by Crippen LogP contribution is 2.49. The van der Waals surface area contributed by atoms with Crippen LogP contribution in [0.4, 0.5) is 0 Å². The Bertz CT molecular complexity index is 1260. The van der Waals surface area contributed by atoms with Crippen molar-refractivity contribution in [1.82, 2.24) is 0 Å². The minimum Gasteiger partial charge on any atom is -0.441 e. The number of benzene rings is 3. The summed E-state index contributed by atoms with van der Waals surface area (Å²) in [5.41, 5.74) is 3.24. The number of rotatable bonds is 6. The van der Waals surface area contributed by atoms with Crippen LogP contribution in [0.15, 0.2) is 66.7 Å². The summed E-state index contributed by atoms with van der Waals surface area (Å²) in [6.45, 7) is 8.02. The SMILES string of the molecule is CC(C)c1cccc(C2(c3ccc(OP(=O)(O)O)c(C(C)C)c3)OC(=O)c3ccccc32)c1. The largest absolute Gasteiger partial charge is 0.524 e. The first-order chi connectivity index (χ1) is 15.5. The number of phosphoric ester groups is 1. The quantitative estimate of drug-likeness (QED) is 0.349. The zero-order valence-electron chi connectivity index (χ0n) is 19.0. The predicted octanol–water partition coefficient (Wildman–Crippen LogP) is 5.87. The van der Waals surface area contributed by atoms with E-state index < -0.39 is 19.4 Å². The standard InChI is InChI=1S/C26H27O6P/c1-16(2)18-8-7-9-19(14-18)26(23-11-6-5-10-21(23)25(27)31-26)20-12-13-24(32-33(28,29)30)22(15-20)17(3)4/h5-17H,1-4H3,(H2,28,29,30). The lowest BCUT2D eigenvalue weighted by Gasteiger charge is -2.32. The molecule has 1 heterocycles. The second-order valence-corrected chi connectivity index (χ2v) is 10.0. The van der Waals surface area contributed by atoms with Crippen LogP contribution in [-0.2, 0) is 14.9 Å². The minimum absolute atomic E-state index is 0.0992. The molecule has 172 valence electrons. The van der Waals surface area contributed by atoms with Crippen molar-refractivity contribution < 1.29 is 28.4 Å². The van der Waals surface area contributed by atoms with Crippen LogP contribution in [0.1, 0.15) is 77.7 Å². The number of esters is 1. The number of hydrogen-bond acceptors (Lipinski definition) is 4. The van der Waals surface area contributed by atoms with Crippen molar-refractivity contribution in [3.63, 3.8) is 0 Å². The van der Waals surface area contributed by atoms with Gasteiger partial charge in [0.15, 0.2) is 5.60 Å². The maximum absolute atomic E-state index is 13.0. The summed E-state index contributed by atoms with van der Waals surface area (Å²) >= 11 is 0. The van der Waals surface area contributed by atoms with Crippen molar-refractivity contribution in [1.29, 1.82) is 0 Å². The molecule has 4 rings (SSSR count). The molecule has 1 unspecified atom stereocenters. The molecule has 1 aliphatic heterocycles. The molecule has 0 aliphatic carbocycles. The van der Waals surface area contributed by atoms with Gasteiger partial charge in [0.05, 0.1) is 5.56 Å². The number of cyclic esters (lactones) is 1. The summed E-state index contributed by atoms with van der Waals surface area (Å²) in [5, 5.41) is 0. The number of hydrogen-bond donors (Lipinski definition) is 2. The van der Waals surface area contributed by atoms with Crippen LogP contribution in [0.3, 0.4) is 0 Å². The Balaban J connectivity index is 2.00. The fourth-order valence-electron chi connectivity index (χ4n) is 4.36. The zero-order valence-corrected chi connectivity index (χ0v) is 19.9. The summed E-state index contributed by atoms with van der Waals surface area (Å²) in [6.07, 6.45) is 0. The fraction of sp³-hybridized carbons (Fsp3) is 0.269. The van der Waals surface area contributed by atoms with Gasteiger partial charge in [-0.1, -0.05) is 76.2 Å². The van der Waals surface area contributed by atoms with E-state index in [0.29, 0.717) is 16.7 Å². The monoisotopic (exact) mass is 466 g/mol. The van der Waals surface area contributed by atoms with Gasteiger partial charge in [-0.25, -0.2) is 9.36 Å². The van der Waals surface area contributed by atoms with Gasteiger partial charge in [0.25, 0.3) is 0 Å². The molecule has 33 heavy (non-hydrogen) atoms. The van der Waals surface area contributed by atoms with E-state index in [9.17, 15) is 19.1 Å². The van der Waals surface area contributed by atoms with Crippen LogP contribution >= 0.6 is 7.82 Å². The van der Waals surface area contributed by atoms with E-state index in [1.165, 1.54) is 6.07 Å². The lowest BCUT2D eigenvalue weighted by Crippen LogP contribution is -2.30. The van der Waals surface area contributed by atoms with Gasteiger partial charge >= 0.3 is 13.8 Å². The Kier molecular flexibility index (Phi) is 5.95. The Morgan fingerprint density at radius 2 is 1.58 bits per heavy atom. The van der Waals surface area contributed by atoms with Crippen molar-refractivity contribution in [3.8, 4) is 5.75 Å². The molecule has 7 heteroatoms. The molecule has 2 N–H and O–H groups in total. The van der Waals surface area contributed by atoms with Crippen LogP contribution in [0.2, 0.25) is 0 Å². The second kappa shape index (κ2) is 8.45. The molecule has 0 saturated carbocycles. The summed E-state index contributed by atoms with van der Waals surface area (Å²) in [4.78, 5) is 31.7. The summed E-state index contributed by atoms with van der Waals surface area (Å²) < 4.78 is 22.6. The molecule has 0 aromatic heterocycles. The third-order valence-corrected chi connectivity index (χ3v) is 6.42. The fourth-order valence-corrected chi connectivity index (χ4v) is 4.78. The van der Waals surface area contributed by atoms with Crippen LogP contribution in [0, 0.1) is 0 Å². The smallest absolute Gasteiger partial charge is 0.441 e. The number of phosphoric acid groups is 1. The topological polar surface area (TPSA) is 93.1 Å². The van der Waals surface area contributed by atoms with Crippen molar-refractivity contribution in [3.05, 3.63) is 100 Å². The lowest BCUT2D eigenvalue weighted by molar-refractivity contribution is 0.0251. The maximum Gasteiger partial charge on any atom is 0.524 e. The first kappa shape index (κ1) is 23.2. The Morgan fingerprint density at radius 3 is 2.24 bits per heavy atom. The highest BCUT2D eigenvalue weighted by atomic mass is 31.2. The van der Waals surface area contributed by atoms with Gasteiger partial charge in [-0.15, -0.1) is 0 Å². The Hall–Kier alpha value is -2.92. The van der Waals surface area contributed by atoms with E-state index in [2.05, 4.69) is 19.9 Å². The summed E-state index contributed by atoms with van der Waals surface area (Å²) in [7, 11) is -4.74. The molecule has 3 aromatic rings. The van der Waals surface area contributed by atoms with E-state index in [1.807, 2.05) is 50.2 Å². The Morgan fingerprint density at radius 1 is 0.879 bits per heavy atom. The van der Waals surface area contributed by atoms with Gasteiger partial charge in [-0.2, -0.15) is 0 Å². The second-order valence-electron chi connectivity index (χ2n) is 8.89.